The first-order valence-electron chi connectivity index (χ1n) is 7.07. The van der Waals surface area contributed by atoms with Gasteiger partial charge in [0.1, 0.15) is 12.6 Å². The third kappa shape index (κ3) is 4.47. The van der Waals surface area contributed by atoms with E-state index in [9.17, 15) is 4.79 Å². The minimum Gasteiger partial charge on any atom is -0.340 e. The second-order valence-electron chi connectivity index (χ2n) is 5.48. The molecular formula is C17H19Cl2N2O+. The molecular weight excluding hydrogens is 319 g/mol. The Morgan fingerprint density at radius 3 is 2.36 bits per heavy atom. The fraction of sp³-hybridized carbons (Fsp3) is 0.235. The molecule has 0 spiro atoms. The predicted octanol–water partition coefficient (Wildman–Crippen LogP) is 2.61. The van der Waals surface area contributed by atoms with E-state index in [4.69, 9.17) is 23.2 Å². The highest BCUT2D eigenvalue weighted by Crippen LogP contribution is 2.23. The molecule has 2 aromatic carbocycles. The zero-order valence-electron chi connectivity index (χ0n) is 12.6. The molecule has 0 radical (unpaired) electrons. The van der Waals surface area contributed by atoms with Crippen LogP contribution in [0.3, 0.4) is 0 Å². The van der Waals surface area contributed by atoms with Crippen molar-refractivity contribution in [2.24, 2.45) is 0 Å². The average molecular weight is 338 g/mol. The molecule has 1 amide bonds. The van der Waals surface area contributed by atoms with Gasteiger partial charge in [-0.25, -0.2) is 0 Å². The second kappa shape index (κ2) is 7.63. The summed E-state index contributed by atoms with van der Waals surface area (Å²) in [5.74, 6) is -0.159. The number of rotatable bonds is 5. The second-order valence-corrected chi connectivity index (χ2v) is 6.29. The summed E-state index contributed by atoms with van der Waals surface area (Å²) in [6.45, 7) is 0.789. The Balaban J connectivity index is 2.19. The summed E-state index contributed by atoms with van der Waals surface area (Å²) in [7, 11) is 4.11. The molecule has 0 aliphatic heterocycles. The van der Waals surface area contributed by atoms with Gasteiger partial charge in [-0.2, -0.15) is 0 Å². The summed E-state index contributed by atoms with van der Waals surface area (Å²) in [5.41, 5.74) is 1.58. The number of halogens is 2. The molecule has 0 aromatic heterocycles. The van der Waals surface area contributed by atoms with Gasteiger partial charge in [-0.3, -0.25) is 4.79 Å². The summed E-state index contributed by atoms with van der Waals surface area (Å²) in [6, 6.07) is 14.8. The van der Waals surface area contributed by atoms with E-state index in [0.29, 0.717) is 15.6 Å². The lowest BCUT2D eigenvalue weighted by molar-refractivity contribution is -0.860. The minimum absolute atomic E-state index is 0.0619. The number of hydrogen-bond donors (Lipinski definition) is 2. The largest absolute Gasteiger partial charge is 0.340 e. The van der Waals surface area contributed by atoms with Crippen molar-refractivity contribution in [1.82, 2.24) is 5.32 Å². The van der Waals surface area contributed by atoms with Gasteiger partial charge in [0.15, 0.2) is 0 Å². The first-order chi connectivity index (χ1) is 10.5. The topological polar surface area (TPSA) is 33.5 Å². The quantitative estimate of drug-likeness (QED) is 0.863. The molecule has 116 valence electrons. The Kier molecular flexibility index (Phi) is 5.83. The SMILES string of the molecule is C[NH+](C)C[C@@H](NC(=O)c1ccc(Cl)c(Cl)c1)c1ccccc1. The molecule has 0 aliphatic carbocycles. The van der Waals surface area contributed by atoms with Crippen LogP contribution in [0.5, 0.6) is 0 Å². The van der Waals surface area contributed by atoms with E-state index >= 15 is 0 Å². The van der Waals surface area contributed by atoms with Crippen LogP contribution >= 0.6 is 23.2 Å². The van der Waals surface area contributed by atoms with Crippen molar-refractivity contribution in [3.05, 3.63) is 69.7 Å². The number of amides is 1. The molecule has 0 saturated carbocycles. The maximum Gasteiger partial charge on any atom is 0.252 e. The van der Waals surface area contributed by atoms with E-state index in [-0.39, 0.29) is 11.9 Å². The molecule has 1 atom stereocenters. The maximum atomic E-state index is 12.5. The minimum atomic E-state index is -0.159. The smallest absolute Gasteiger partial charge is 0.252 e. The van der Waals surface area contributed by atoms with Crippen LogP contribution in [0.25, 0.3) is 0 Å². The van der Waals surface area contributed by atoms with E-state index in [0.717, 1.165) is 12.1 Å². The van der Waals surface area contributed by atoms with Crippen LogP contribution in [0.4, 0.5) is 0 Å². The maximum absolute atomic E-state index is 12.5. The van der Waals surface area contributed by atoms with Gasteiger partial charge in [0.05, 0.1) is 24.1 Å². The lowest BCUT2D eigenvalue weighted by Gasteiger charge is -2.21. The molecule has 0 fully saturated rings. The normalized spacial score (nSPS) is 12.2. The highest BCUT2D eigenvalue weighted by Gasteiger charge is 2.18. The monoisotopic (exact) mass is 337 g/mol. The molecule has 0 aliphatic rings. The Morgan fingerprint density at radius 1 is 1.09 bits per heavy atom. The zero-order valence-corrected chi connectivity index (χ0v) is 14.1. The first-order valence-corrected chi connectivity index (χ1v) is 7.83. The predicted molar refractivity (Wildman–Crippen MR) is 90.8 cm³/mol. The van der Waals surface area contributed by atoms with Crippen molar-refractivity contribution < 1.29 is 9.69 Å². The number of hydrogen-bond acceptors (Lipinski definition) is 1. The van der Waals surface area contributed by atoms with Crippen LogP contribution in [-0.4, -0.2) is 26.5 Å². The van der Waals surface area contributed by atoms with Crippen molar-refractivity contribution in [2.45, 2.75) is 6.04 Å². The van der Waals surface area contributed by atoms with E-state index < -0.39 is 0 Å². The van der Waals surface area contributed by atoms with Crippen LogP contribution in [0.15, 0.2) is 48.5 Å². The zero-order chi connectivity index (χ0) is 16.1. The molecule has 22 heavy (non-hydrogen) atoms. The van der Waals surface area contributed by atoms with Crippen molar-refractivity contribution in [3.8, 4) is 0 Å². The van der Waals surface area contributed by atoms with E-state index in [1.165, 1.54) is 4.90 Å². The van der Waals surface area contributed by atoms with Crippen LogP contribution in [0, 0.1) is 0 Å². The third-order valence-corrected chi connectivity index (χ3v) is 4.04. The van der Waals surface area contributed by atoms with E-state index in [1.54, 1.807) is 18.2 Å². The fourth-order valence-electron chi connectivity index (χ4n) is 2.22. The number of benzene rings is 2. The van der Waals surface area contributed by atoms with Gasteiger partial charge in [-0.05, 0) is 23.8 Å². The highest BCUT2D eigenvalue weighted by atomic mass is 35.5. The molecule has 2 aromatic rings. The van der Waals surface area contributed by atoms with Gasteiger partial charge in [-0.1, -0.05) is 53.5 Å². The van der Waals surface area contributed by atoms with Gasteiger partial charge >= 0.3 is 0 Å². The third-order valence-electron chi connectivity index (χ3n) is 3.30. The fourth-order valence-corrected chi connectivity index (χ4v) is 2.52. The summed E-state index contributed by atoms with van der Waals surface area (Å²) < 4.78 is 0. The number of likely N-dealkylation sites (N-methyl/N-ethyl adjacent to an activating group) is 1. The van der Waals surface area contributed by atoms with Crippen molar-refractivity contribution in [1.29, 1.82) is 0 Å². The molecule has 0 heterocycles. The van der Waals surface area contributed by atoms with Gasteiger partial charge in [-0.15, -0.1) is 0 Å². The van der Waals surface area contributed by atoms with Gasteiger partial charge in [0.2, 0.25) is 0 Å². The number of quaternary nitrogens is 1. The molecule has 0 saturated heterocycles. The van der Waals surface area contributed by atoms with Crippen molar-refractivity contribution in [2.75, 3.05) is 20.6 Å². The number of carbonyl (C=O) groups is 1. The molecule has 5 heteroatoms. The van der Waals surface area contributed by atoms with Crippen LogP contribution in [0.2, 0.25) is 10.0 Å². The van der Waals surface area contributed by atoms with Gasteiger partial charge in [0, 0.05) is 5.56 Å². The molecule has 0 bridgehead atoms. The number of carbonyl (C=O) groups excluding carboxylic acids is 1. The van der Waals surface area contributed by atoms with E-state index in [2.05, 4.69) is 19.4 Å². The first kappa shape index (κ1) is 16.8. The standard InChI is InChI=1S/C17H18Cl2N2O/c1-21(2)11-16(12-6-4-3-5-7-12)20-17(22)13-8-9-14(18)15(19)10-13/h3-10,16H,11H2,1-2H3,(H,20,22)/p+1/t16-/m1/s1. The van der Waals surface area contributed by atoms with Crippen molar-refractivity contribution >= 4 is 29.1 Å². The average Bonchev–Trinajstić information content (AvgIpc) is 2.49. The lowest BCUT2D eigenvalue weighted by atomic mass is 10.1. The molecule has 2 N–H and O–H groups in total. The Morgan fingerprint density at radius 2 is 1.77 bits per heavy atom. The summed E-state index contributed by atoms with van der Waals surface area (Å²) in [4.78, 5) is 13.7. The van der Waals surface area contributed by atoms with Crippen LogP contribution in [-0.2, 0) is 0 Å². The molecule has 3 nitrogen and oxygen atoms in total. The molecule has 0 unspecified atom stereocenters. The Bertz CT molecular complexity index is 644. The molecule has 2 rings (SSSR count). The van der Waals surface area contributed by atoms with Crippen LogP contribution in [0.1, 0.15) is 22.0 Å². The van der Waals surface area contributed by atoms with Gasteiger partial charge < -0.3 is 10.2 Å². The highest BCUT2D eigenvalue weighted by molar-refractivity contribution is 6.42. The number of nitrogens with one attached hydrogen (secondary N) is 2. The lowest BCUT2D eigenvalue weighted by Crippen LogP contribution is -3.06. The van der Waals surface area contributed by atoms with Gasteiger partial charge in [0.25, 0.3) is 5.91 Å². The summed E-state index contributed by atoms with van der Waals surface area (Å²) in [6.07, 6.45) is 0. The van der Waals surface area contributed by atoms with Crippen molar-refractivity contribution in [3.63, 3.8) is 0 Å². The van der Waals surface area contributed by atoms with E-state index in [1.807, 2.05) is 30.3 Å². The summed E-state index contributed by atoms with van der Waals surface area (Å²) in [5, 5.41) is 3.88. The Hall–Kier alpha value is -1.55. The van der Waals surface area contributed by atoms with Crippen LogP contribution < -0.4 is 10.2 Å². The summed E-state index contributed by atoms with van der Waals surface area (Å²) >= 11 is 11.9. The Labute approximate surface area is 140 Å².